The molecule has 94 valence electrons. The number of nitrogens with zero attached hydrogens (tertiary/aromatic N) is 3. The monoisotopic (exact) mass is 240 g/mol. The van der Waals surface area contributed by atoms with E-state index in [4.69, 9.17) is 10.2 Å². The van der Waals surface area contributed by atoms with Crippen LogP contribution in [0.15, 0.2) is 12.4 Å². The number of carboxylic acids is 1. The fourth-order valence-corrected chi connectivity index (χ4v) is 1.14. The highest BCUT2D eigenvalue weighted by atomic mass is 16.4. The second kappa shape index (κ2) is 6.12. The molecule has 0 saturated heterocycles. The number of hydrogen-bond donors (Lipinski definition) is 3. The molecule has 7 nitrogen and oxygen atoms in total. The van der Waals surface area contributed by atoms with E-state index in [0.29, 0.717) is 12.5 Å². The number of nitrogens with one attached hydrogen (secondary N) is 1. The van der Waals surface area contributed by atoms with Gasteiger partial charge >= 0.3 is 5.97 Å². The summed E-state index contributed by atoms with van der Waals surface area (Å²) in [6.07, 6.45) is 3.23. The van der Waals surface area contributed by atoms with E-state index in [9.17, 15) is 4.79 Å². The quantitative estimate of drug-likeness (QED) is 0.591. The molecule has 1 aromatic rings. The number of rotatable bonds is 6. The highest BCUT2D eigenvalue weighted by molar-refractivity contribution is 5.73. The second-order valence-electron chi connectivity index (χ2n) is 3.74. The molecule has 0 bridgehead atoms. The zero-order chi connectivity index (χ0) is 12.8. The predicted molar refractivity (Wildman–Crippen MR) is 61.7 cm³/mol. The van der Waals surface area contributed by atoms with Crippen molar-refractivity contribution >= 4 is 11.9 Å². The zero-order valence-electron chi connectivity index (χ0n) is 9.79. The Morgan fingerprint density at radius 3 is 2.47 bits per heavy atom. The molecule has 17 heavy (non-hydrogen) atoms. The number of hydrogen-bond acceptors (Lipinski definition) is 6. The molecule has 0 fully saturated rings. The molecule has 1 heterocycles. The van der Waals surface area contributed by atoms with E-state index in [2.05, 4.69) is 15.3 Å². The average molecular weight is 240 g/mol. The van der Waals surface area contributed by atoms with Crippen molar-refractivity contribution < 1.29 is 15.0 Å². The van der Waals surface area contributed by atoms with Gasteiger partial charge in [-0.05, 0) is 0 Å². The van der Waals surface area contributed by atoms with Gasteiger partial charge in [0.25, 0.3) is 0 Å². The lowest BCUT2D eigenvalue weighted by Crippen LogP contribution is -2.39. The summed E-state index contributed by atoms with van der Waals surface area (Å²) < 4.78 is 0. The fourth-order valence-electron chi connectivity index (χ4n) is 1.14. The maximum Gasteiger partial charge on any atom is 0.323 e. The predicted octanol–water partition coefficient (Wildman–Crippen LogP) is -0.922. The van der Waals surface area contributed by atoms with Crippen LogP contribution in [0.4, 0.5) is 5.95 Å². The topological polar surface area (TPSA) is 98.6 Å². The van der Waals surface area contributed by atoms with Gasteiger partial charge in [0.1, 0.15) is 6.04 Å². The summed E-state index contributed by atoms with van der Waals surface area (Å²) in [6.45, 7) is -0.156. The van der Waals surface area contributed by atoms with Gasteiger partial charge in [-0.15, -0.1) is 0 Å². The van der Waals surface area contributed by atoms with E-state index in [1.54, 1.807) is 17.3 Å². The summed E-state index contributed by atoms with van der Waals surface area (Å²) in [7, 11) is 3.67. The standard InChI is InChI=1S/C10H16N4O3/c1-14(2)10-12-4-7(5-13-10)3-11-8(6-15)9(16)17/h4-5,8,11,15H,3,6H2,1-2H3,(H,16,17). The number of aromatic nitrogens is 2. The third-order valence-corrected chi connectivity index (χ3v) is 2.12. The van der Waals surface area contributed by atoms with E-state index in [1.165, 1.54) is 0 Å². The van der Waals surface area contributed by atoms with E-state index < -0.39 is 18.6 Å². The van der Waals surface area contributed by atoms with Gasteiger partial charge in [-0.25, -0.2) is 9.97 Å². The SMILES string of the molecule is CN(C)c1ncc(CNC(CO)C(=O)O)cn1. The number of aliphatic hydroxyl groups is 1. The van der Waals surface area contributed by atoms with Gasteiger partial charge in [0, 0.05) is 38.6 Å². The molecular weight excluding hydrogens is 224 g/mol. The summed E-state index contributed by atoms with van der Waals surface area (Å²) in [5.41, 5.74) is 0.760. The fraction of sp³-hybridized carbons (Fsp3) is 0.500. The van der Waals surface area contributed by atoms with Crippen molar-refractivity contribution in [3.8, 4) is 0 Å². The Labute approximate surface area is 99.1 Å². The Kier molecular flexibility index (Phi) is 4.80. The first-order valence-electron chi connectivity index (χ1n) is 5.10. The van der Waals surface area contributed by atoms with Crippen LogP contribution in [0.2, 0.25) is 0 Å². The van der Waals surface area contributed by atoms with Crippen LogP contribution in [-0.2, 0) is 11.3 Å². The minimum absolute atomic E-state index is 0.297. The zero-order valence-corrected chi connectivity index (χ0v) is 9.79. The number of carboxylic acid groups (broad SMARTS) is 1. The molecule has 0 aromatic carbocycles. The summed E-state index contributed by atoms with van der Waals surface area (Å²) in [4.78, 5) is 20.6. The van der Waals surface area contributed by atoms with Crippen molar-refractivity contribution in [1.29, 1.82) is 0 Å². The second-order valence-corrected chi connectivity index (χ2v) is 3.74. The van der Waals surface area contributed by atoms with Crippen molar-refractivity contribution in [2.75, 3.05) is 25.6 Å². The molecule has 0 amide bonds. The molecule has 0 aliphatic rings. The minimum atomic E-state index is -1.08. The third kappa shape index (κ3) is 3.97. The van der Waals surface area contributed by atoms with Gasteiger partial charge in [-0.1, -0.05) is 0 Å². The molecular formula is C10H16N4O3. The lowest BCUT2D eigenvalue weighted by Gasteiger charge is -2.12. The molecule has 0 radical (unpaired) electrons. The molecule has 7 heteroatoms. The van der Waals surface area contributed by atoms with Crippen LogP contribution < -0.4 is 10.2 Å². The van der Waals surface area contributed by atoms with Gasteiger partial charge in [-0.3, -0.25) is 10.1 Å². The Balaban J connectivity index is 2.55. The molecule has 0 aliphatic heterocycles. The maximum atomic E-state index is 10.6. The van der Waals surface area contributed by atoms with Gasteiger partial charge < -0.3 is 15.1 Å². The Morgan fingerprint density at radius 1 is 1.47 bits per heavy atom. The first-order valence-corrected chi connectivity index (χ1v) is 5.10. The van der Waals surface area contributed by atoms with Crippen molar-refractivity contribution in [2.45, 2.75) is 12.6 Å². The Hall–Kier alpha value is -1.73. The Morgan fingerprint density at radius 2 is 2.06 bits per heavy atom. The number of anilines is 1. The largest absolute Gasteiger partial charge is 0.480 e. The van der Waals surface area contributed by atoms with Crippen LogP contribution in [0.3, 0.4) is 0 Å². The van der Waals surface area contributed by atoms with E-state index in [0.717, 1.165) is 5.56 Å². The summed E-state index contributed by atoms with van der Waals surface area (Å²) in [6, 6.07) is -0.969. The first-order chi connectivity index (χ1) is 8.04. The van der Waals surface area contributed by atoms with Crippen molar-refractivity contribution in [3.63, 3.8) is 0 Å². The first kappa shape index (κ1) is 13.3. The van der Waals surface area contributed by atoms with Crippen LogP contribution >= 0.6 is 0 Å². The highest BCUT2D eigenvalue weighted by Crippen LogP contribution is 2.02. The third-order valence-electron chi connectivity index (χ3n) is 2.12. The number of aliphatic hydroxyl groups excluding tert-OH is 1. The Bertz CT molecular complexity index is 366. The van der Waals surface area contributed by atoms with Crippen LogP contribution in [0, 0.1) is 0 Å². The van der Waals surface area contributed by atoms with Crippen molar-refractivity contribution in [2.24, 2.45) is 0 Å². The van der Waals surface area contributed by atoms with E-state index in [-0.39, 0.29) is 0 Å². The molecule has 1 atom stereocenters. The molecule has 1 aromatic heterocycles. The van der Waals surface area contributed by atoms with Crippen LogP contribution in [0.1, 0.15) is 5.56 Å². The van der Waals surface area contributed by atoms with Crippen LogP contribution in [-0.4, -0.2) is 52.9 Å². The molecule has 1 unspecified atom stereocenters. The molecule has 0 spiro atoms. The van der Waals surface area contributed by atoms with Crippen molar-refractivity contribution in [3.05, 3.63) is 18.0 Å². The molecule has 0 saturated carbocycles. The van der Waals surface area contributed by atoms with Gasteiger partial charge in [0.15, 0.2) is 0 Å². The normalized spacial score (nSPS) is 12.2. The molecule has 3 N–H and O–H groups in total. The van der Waals surface area contributed by atoms with Crippen LogP contribution in [0.5, 0.6) is 0 Å². The number of aliphatic carboxylic acids is 1. The van der Waals surface area contributed by atoms with Crippen LogP contribution in [0.25, 0.3) is 0 Å². The average Bonchev–Trinajstić information content (AvgIpc) is 2.30. The maximum absolute atomic E-state index is 10.6. The van der Waals surface area contributed by atoms with E-state index in [1.807, 2.05) is 14.1 Å². The van der Waals surface area contributed by atoms with Gasteiger partial charge in [0.2, 0.25) is 5.95 Å². The summed E-state index contributed by atoms with van der Waals surface area (Å²) >= 11 is 0. The lowest BCUT2D eigenvalue weighted by molar-refractivity contribution is -0.140. The molecule has 1 rings (SSSR count). The number of carbonyl (C=O) groups is 1. The van der Waals surface area contributed by atoms with Crippen molar-refractivity contribution in [1.82, 2.24) is 15.3 Å². The summed E-state index contributed by atoms with van der Waals surface area (Å²) in [5.74, 6) is -0.496. The lowest BCUT2D eigenvalue weighted by atomic mass is 10.3. The van der Waals surface area contributed by atoms with Gasteiger partial charge in [0.05, 0.1) is 6.61 Å². The summed E-state index contributed by atoms with van der Waals surface area (Å²) in [5, 5.41) is 20.2. The smallest absolute Gasteiger partial charge is 0.323 e. The minimum Gasteiger partial charge on any atom is -0.480 e. The highest BCUT2D eigenvalue weighted by Gasteiger charge is 2.14. The molecule has 0 aliphatic carbocycles. The van der Waals surface area contributed by atoms with E-state index >= 15 is 0 Å². The van der Waals surface area contributed by atoms with Gasteiger partial charge in [-0.2, -0.15) is 0 Å².